The van der Waals surface area contributed by atoms with Gasteiger partial charge in [0.1, 0.15) is 4.88 Å². The highest BCUT2D eigenvalue weighted by molar-refractivity contribution is 7.18. The lowest BCUT2D eigenvalue weighted by atomic mass is 9.98. The molecule has 3 rings (SSSR count). The van der Waals surface area contributed by atoms with E-state index in [2.05, 4.69) is 13.0 Å². The standard InChI is InChI=1S/C12H10O2S2/c1-6-4-8-9(15-6)3-2-7-5-10(12(13)14)16-11(7)8/h4-5H,2-3H2,1H3,(H,13,14). The average Bonchev–Trinajstić information content (AvgIpc) is 2.77. The molecule has 0 spiro atoms. The van der Waals surface area contributed by atoms with Crippen molar-refractivity contribution in [3.05, 3.63) is 32.3 Å². The number of aromatic carboxylic acids is 1. The second-order valence-electron chi connectivity index (χ2n) is 3.96. The van der Waals surface area contributed by atoms with Crippen LogP contribution in [0.3, 0.4) is 0 Å². The first-order chi connectivity index (χ1) is 7.65. The zero-order valence-corrected chi connectivity index (χ0v) is 10.4. The Morgan fingerprint density at radius 1 is 1.31 bits per heavy atom. The summed E-state index contributed by atoms with van der Waals surface area (Å²) >= 11 is 3.24. The van der Waals surface area contributed by atoms with Crippen molar-refractivity contribution in [2.24, 2.45) is 0 Å². The predicted octanol–water partition coefficient (Wildman–Crippen LogP) is 3.58. The molecule has 2 nitrogen and oxygen atoms in total. The van der Waals surface area contributed by atoms with Crippen molar-refractivity contribution in [2.75, 3.05) is 0 Å². The van der Waals surface area contributed by atoms with Gasteiger partial charge in [-0.25, -0.2) is 4.79 Å². The Hall–Kier alpha value is -1.13. The minimum Gasteiger partial charge on any atom is -0.477 e. The van der Waals surface area contributed by atoms with E-state index in [-0.39, 0.29) is 0 Å². The molecule has 0 aromatic carbocycles. The summed E-state index contributed by atoms with van der Waals surface area (Å²) in [6.45, 7) is 2.11. The molecular formula is C12H10O2S2. The summed E-state index contributed by atoms with van der Waals surface area (Å²) in [5.74, 6) is -0.812. The molecule has 2 aromatic rings. The third-order valence-corrected chi connectivity index (χ3v) is 5.13. The molecule has 0 unspecified atom stereocenters. The lowest BCUT2D eigenvalue weighted by Crippen LogP contribution is -1.96. The van der Waals surface area contributed by atoms with Crippen LogP contribution >= 0.6 is 22.7 Å². The fraction of sp³-hybridized carbons (Fsp3) is 0.250. The Morgan fingerprint density at radius 3 is 2.88 bits per heavy atom. The maximum absolute atomic E-state index is 10.9. The summed E-state index contributed by atoms with van der Waals surface area (Å²) in [4.78, 5) is 15.3. The molecule has 0 fully saturated rings. The van der Waals surface area contributed by atoms with Gasteiger partial charge in [0.25, 0.3) is 0 Å². The first kappa shape index (κ1) is 10.1. The third-order valence-electron chi connectivity index (χ3n) is 2.82. The van der Waals surface area contributed by atoms with Crippen LogP contribution in [0.25, 0.3) is 10.4 Å². The molecule has 4 heteroatoms. The highest BCUT2D eigenvalue weighted by Gasteiger charge is 2.22. The van der Waals surface area contributed by atoms with Crippen molar-refractivity contribution < 1.29 is 9.90 Å². The zero-order valence-electron chi connectivity index (χ0n) is 8.74. The largest absolute Gasteiger partial charge is 0.477 e. The number of carbonyl (C=O) groups is 1. The molecule has 1 aliphatic carbocycles. The van der Waals surface area contributed by atoms with Crippen LogP contribution < -0.4 is 0 Å². The summed E-state index contributed by atoms with van der Waals surface area (Å²) in [5, 5.41) is 9.00. The molecule has 0 aliphatic heterocycles. The minimum atomic E-state index is -0.812. The van der Waals surface area contributed by atoms with Gasteiger partial charge in [-0.2, -0.15) is 0 Å². The van der Waals surface area contributed by atoms with Crippen molar-refractivity contribution in [1.29, 1.82) is 0 Å². The van der Waals surface area contributed by atoms with Crippen LogP contribution in [0.1, 0.15) is 25.0 Å². The van der Waals surface area contributed by atoms with E-state index >= 15 is 0 Å². The first-order valence-corrected chi connectivity index (χ1v) is 6.74. The fourth-order valence-corrected chi connectivity index (χ4v) is 4.33. The van der Waals surface area contributed by atoms with E-state index in [1.165, 1.54) is 37.1 Å². The smallest absolute Gasteiger partial charge is 0.345 e. The summed E-state index contributed by atoms with van der Waals surface area (Å²) < 4.78 is 0. The Bertz CT molecular complexity index is 578. The number of hydrogen-bond acceptors (Lipinski definition) is 3. The second kappa shape index (κ2) is 3.43. The van der Waals surface area contributed by atoms with E-state index < -0.39 is 5.97 Å². The van der Waals surface area contributed by atoms with Gasteiger partial charge < -0.3 is 5.11 Å². The van der Waals surface area contributed by atoms with Crippen molar-refractivity contribution >= 4 is 28.6 Å². The van der Waals surface area contributed by atoms with Gasteiger partial charge in [0.15, 0.2) is 0 Å². The minimum absolute atomic E-state index is 0.460. The van der Waals surface area contributed by atoms with Crippen molar-refractivity contribution in [3.8, 4) is 10.4 Å². The molecule has 0 saturated heterocycles. The maximum atomic E-state index is 10.9. The highest BCUT2D eigenvalue weighted by Crippen LogP contribution is 2.42. The number of fused-ring (bicyclic) bond motifs is 3. The number of thiophene rings is 2. The highest BCUT2D eigenvalue weighted by atomic mass is 32.1. The molecule has 0 atom stereocenters. The SMILES string of the molecule is Cc1cc2c(s1)CCc1cc(C(=O)O)sc1-2. The van der Waals surface area contributed by atoms with E-state index in [4.69, 9.17) is 5.11 Å². The van der Waals surface area contributed by atoms with Crippen LogP contribution in [0, 0.1) is 6.92 Å². The van der Waals surface area contributed by atoms with Crippen molar-refractivity contribution in [3.63, 3.8) is 0 Å². The van der Waals surface area contributed by atoms with Gasteiger partial charge in [-0.1, -0.05) is 0 Å². The van der Waals surface area contributed by atoms with Crippen LogP contribution in [0.4, 0.5) is 0 Å². The summed E-state index contributed by atoms with van der Waals surface area (Å²) in [5.41, 5.74) is 2.47. The number of carboxylic acid groups (broad SMARTS) is 1. The third kappa shape index (κ3) is 1.41. The molecule has 2 aromatic heterocycles. The van der Waals surface area contributed by atoms with Crippen molar-refractivity contribution in [1.82, 2.24) is 0 Å². The van der Waals surface area contributed by atoms with Crippen LogP contribution in [0.5, 0.6) is 0 Å². The van der Waals surface area contributed by atoms with Crippen LogP contribution in [-0.4, -0.2) is 11.1 Å². The van der Waals surface area contributed by atoms with E-state index in [1.54, 1.807) is 0 Å². The molecule has 1 N–H and O–H groups in total. The Kier molecular flexibility index (Phi) is 2.16. The molecule has 0 radical (unpaired) electrons. The number of hydrogen-bond donors (Lipinski definition) is 1. The van der Waals surface area contributed by atoms with Gasteiger partial charge in [0.2, 0.25) is 0 Å². The average molecular weight is 250 g/mol. The Morgan fingerprint density at radius 2 is 2.12 bits per heavy atom. The lowest BCUT2D eigenvalue weighted by molar-refractivity contribution is 0.0702. The quantitative estimate of drug-likeness (QED) is 0.840. The van der Waals surface area contributed by atoms with Gasteiger partial charge in [0.05, 0.1) is 0 Å². The molecule has 0 bridgehead atoms. The lowest BCUT2D eigenvalue weighted by Gasteiger charge is -2.10. The van der Waals surface area contributed by atoms with Crippen LogP contribution in [-0.2, 0) is 12.8 Å². The summed E-state index contributed by atoms with van der Waals surface area (Å²) in [7, 11) is 0. The maximum Gasteiger partial charge on any atom is 0.345 e. The van der Waals surface area contributed by atoms with Gasteiger partial charge in [0, 0.05) is 20.2 Å². The number of carboxylic acids is 1. The van der Waals surface area contributed by atoms with Gasteiger partial charge in [-0.15, -0.1) is 22.7 Å². The topological polar surface area (TPSA) is 37.3 Å². The monoisotopic (exact) mass is 250 g/mol. The fourth-order valence-electron chi connectivity index (χ4n) is 2.14. The van der Waals surface area contributed by atoms with Gasteiger partial charge in [-0.3, -0.25) is 0 Å². The van der Waals surface area contributed by atoms with Gasteiger partial charge >= 0.3 is 5.97 Å². The van der Waals surface area contributed by atoms with E-state index in [0.717, 1.165) is 12.8 Å². The van der Waals surface area contributed by atoms with Crippen LogP contribution in [0.2, 0.25) is 0 Å². The molecule has 1 aliphatic rings. The predicted molar refractivity (Wildman–Crippen MR) is 66.7 cm³/mol. The number of rotatable bonds is 1. The normalized spacial score (nSPS) is 13.3. The Balaban J connectivity index is 2.19. The van der Waals surface area contributed by atoms with Crippen LogP contribution in [0.15, 0.2) is 12.1 Å². The molecule has 82 valence electrons. The van der Waals surface area contributed by atoms with Crippen molar-refractivity contribution in [2.45, 2.75) is 19.8 Å². The van der Waals surface area contributed by atoms with Gasteiger partial charge in [-0.05, 0) is 37.5 Å². The summed E-state index contributed by atoms with van der Waals surface area (Å²) in [6.07, 6.45) is 2.03. The van der Waals surface area contributed by atoms with E-state index in [1.807, 2.05) is 17.4 Å². The molecule has 0 saturated carbocycles. The number of aryl methyl sites for hydroxylation is 3. The summed E-state index contributed by atoms with van der Waals surface area (Å²) in [6, 6.07) is 4.01. The second-order valence-corrected chi connectivity index (χ2v) is 6.36. The molecule has 0 amide bonds. The van der Waals surface area contributed by atoms with E-state index in [9.17, 15) is 4.79 Å². The molecular weight excluding hydrogens is 240 g/mol. The van der Waals surface area contributed by atoms with E-state index in [0.29, 0.717) is 4.88 Å². The zero-order chi connectivity index (χ0) is 11.3. The Labute approximate surface area is 101 Å². The molecule has 2 heterocycles. The first-order valence-electron chi connectivity index (χ1n) is 5.11. The molecule has 16 heavy (non-hydrogen) atoms.